The Labute approximate surface area is 395 Å². The van der Waals surface area contributed by atoms with E-state index in [1.165, 1.54) is 105 Å². The van der Waals surface area contributed by atoms with Crippen molar-refractivity contribution < 1.29 is 4.74 Å². The number of nitrogens with zero attached hydrogens (tertiary/aromatic N) is 2. The standard InChI is InChI=1S/C65H44N2O/c1-64(2)54-22-7-3-15-46(54)48-35-33-42(37-58(48)64)66(41-31-29-40(30-32-41)44-19-13-20-45-51-18-6-12-28-62(51)68-39-53(44)45)43-34-36-49-47-16-4-8-23-55(47)65(59(49)38-43)56-24-9-11-27-61(56)67-60-26-10-5-17-50(60)52-21-14-25-57(65)63(52)67/h3-38H,39H2,1-2H3. The summed E-state index contributed by atoms with van der Waals surface area (Å²) in [5.41, 5.74) is 25.6. The van der Waals surface area contributed by atoms with E-state index in [-0.39, 0.29) is 5.41 Å². The normalized spacial score (nSPS) is 16.0. The number of hydrogen-bond acceptors (Lipinski definition) is 2. The molecule has 0 saturated heterocycles. The highest BCUT2D eigenvalue weighted by atomic mass is 16.5. The lowest BCUT2D eigenvalue weighted by Crippen LogP contribution is -2.33. The van der Waals surface area contributed by atoms with Gasteiger partial charge in [0.15, 0.2) is 0 Å². The Morgan fingerprint density at radius 1 is 0.412 bits per heavy atom. The molecule has 0 bridgehead atoms. The third kappa shape index (κ3) is 4.82. The lowest BCUT2D eigenvalue weighted by Gasteiger charge is -2.40. The maximum absolute atomic E-state index is 6.34. The Balaban J connectivity index is 0.963. The van der Waals surface area contributed by atoms with Gasteiger partial charge in [-0.3, -0.25) is 0 Å². The summed E-state index contributed by atoms with van der Waals surface area (Å²) in [5.74, 6) is 0.943. The summed E-state index contributed by atoms with van der Waals surface area (Å²) in [4.78, 5) is 2.49. The van der Waals surface area contributed by atoms with Gasteiger partial charge in [-0.1, -0.05) is 178 Å². The average Bonchev–Trinajstić information content (AvgIpc) is 3.97. The number of hydrogen-bond donors (Lipinski definition) is 0. The van der Waals surface area contributed by atoms with Gasteiger partial charge in [-0.2, -0.15) is 0 Å². The molecule has 3 nitrogen and oxygen atoms in total. The number of ether oxygens (including phenoxy) is 1. The molecule has 10 aromatic carbocycles. The summed E-state index contributed by atoms with van der Waals surface area (Å²) in [6.07, 6.45) is 0. The van der Waals surface area contributed by atoms with Crippen LogP contribution in [0.5, 0.6) is 5.75 Å². The molecular formula is C65H44N2O. The molecule has 0 amide bonds. The molecule has 0 radical (unpaired) electrons. The summed E-state index contributed by atoms with van der Waals surface area (Å²) >= 11 is 0. The van der Waals surface area contributed by atoms with Crippen molar-refractivity contribution in [3.63, 3.8) is 0 Å². The highest BCUT2D eigenvalue weighted by molar-refractivity contribution is 6.13. The van der Waals surface area contributed by atoms with Crippen LogP contribution in [0, 0.1) is 0 Å². The van der Waals surface area contributed by atoms with Crippen molar-refractivity contribution in [2.75, 3.05) is 4.90 Å². The van der Waals surface area contributed by atoms with Crippen molar-refractivity contribution in [3.8, 4) is 55.9 Å². The van der Waals surface area contributed by atoms with Crippen LogP contribution in [0.4, 0.5) is 17.1 Å². The van der Waals surface area contributed by atoms with Gasteiger partial charge in [0.1, 0.15) is 12.4 Å². The number of fused-ring (bicyclic) bond motifs is 18. The molecule has 3 heterocycles. The zero-order chi connectivity index (χ0) is 44.9. The van der Waals surface area contributed by atoms with Crippen molar-refractivity contribution >= 4 is 38.9 Å². The minimum Gasteiger partial charge on any atom is -0.488 e. The summed E-state index contributed by atoms with van der Waals surface area (Å²) in [5, 5.41) is 2.56. The average molecular weight is 869 g/mol. The van der Waals surface area contributed by atoms with Gasteiger partial charge in [-0.15, -0.1) is 0 Å². The Morgan fingerprint density at radius 2 is 0.971 bits per heavy atom. The van der Waals surface area contributed by atoms with Crippen molar-refractivity contribution in [2.24, 2.45) is 0 Å². The molecule has 0 saturated carbocycles. The van der Waals surface area contributed by atoms with E-state index in [0.29, 0.717) is 6.61 Å². The largest absolute Gasteiger partial charge is 0.488 e. The van der Waals surface area contributed by atoms with Crippen molar-refractivity contribution in [2.45, 2.75) is 31.3 Å². The molecular weight excluding hydrogens is 825 g/mol. The van der Waals surface area contributed by atoms with Gasteiger partial charge < -0.3 is 14.2 Å². The molecule has 2 aliphatic heterocycles. The lowest BCUT2D eigenvalue weighted by atomic mass is 9.65. The SMILES string of the molecule is CC1(C)c2ccccc2-c2ccc(N(c3ccc(-c4cccc5c4COc4ccccc4-5)cc3)c3ccc4c(c3)C3(c5ccccc5-4)c4ccccc4-n4c5ccccc5c5cccc3c54)cc21. The predicted molar refractivity (Wildman–Crippen MR) is 279 cm³/mol. The molecule has 15 rings (SSSR count). The first kappa shape index (κ1) is 37.8. The van der Waals surface area contributed by atoms with Crippen LogP contribution in [0.15, 0.2) is 218 Å². The summed E-state index contributed by atoms with van der Waals surface area (Å²) < 4.78 is 8.86. The molecule has 11 aromatic rings. The molecule has 3 heteroatoms. The van der Waals surface area contributed by atoms with Crippen LogP contribution in [0.3, 0.4) is 0 Å². The Kier molecular flexibility index (Phi) is 7.55. The highest BCUT2D eigenvalue weighted by Crippen LogP contribution is 2.62. The number of anilines is 3. The first-order chi connectivity index (χ1) is 33.5. The van der Waals surface area contributed by atoms with Crippen LogP contribution in [-0.4, -0.2) is 4.57 Å². The summed E-state index contributed by atoms with van der Waals surface area (Å²) in [6.45, 7) is 5.29. The molecule has 1 aromatic heterocycles. The first-order valence-corrected chi connectivity index (χ1v) is 23.9. The summed E-state index contributed by atoms with van der Waals surface area (Å²) in [6, 6.07) is 81.8. The molecule has 68 heavy (non-hydrogen) atoms. The van der Waals surface area contributed by atoms with E-state index in [1.807, 2.05) is 6.07 Å². The molecule has 1 unspecified atom stereocenters. The quantitative estimate of drug-likeness (QED) is 0.175. The van der Waals surface area contributed by atoms with Gasteiger partial charge in [0.05, 0.1) is 22.1 Å². The molecule has 0 fully saturated rings. The number of rotatable bonds is 4. The van der Waals surface area contributed by atoms with E-state index in [9.17, 15) is 0 Å². The predicted octanol–water partition coefficient (Wildman–Crippen LogP) is 16.5. The third-order valence-corrected chi connectivity index (χ3v) is 15.9. The second kappa shape index (κ2) is 13.6. The van der Waals surface area contributed by atoms with Crippen LogP contribution >= 0.6 is 0 Å². The van der Waals surface area contributed by atoms with E-state index < -0.39 is 5.41 Å². The van der Waals surface area contributed by atoms with Crippen molar-refractivity contribution in [1.82, 2.24) is 4.57 Å². The monoisotopic (exact) mass is 868 g/mol. The maximum Gasteiger partial charge on any atom is 0.127 e. The Bertz CT molecular complexity index is 3960. The molecule has 1 spiro atoms. The number of aromatic nitrogens is 1. The second-order valence-electron chi connectivity index (χ2n) is 19.5. The molecule has 1 atom stereocenters. The van der Waals surface area contributed by atoms with Crippen LogP contribution in [-0.2, 0) is 17.4 Å². The van der Waals surface area contributed by atoms with E-state index in [0.717, 1.165) is 28.4 Å². The van der Waals surface area contributed by atoms with Crippen LogP contribution in [0.2, 0.25) is 0 Å². The lowest BCUT2D eigenvalue weighted by molar-refractivity contribution is 0.303. The van der Waals surface area contributed by atoms with E-state index in [4.69, 9.17) is 4.74 Å². The van der Waals surface area contributed by atoms with E-state index >= 15 is 0 Å². The molecule has 0 N–H and O–H groups in total. The van der Waals surface area contributed by atoms with Crippen LogP contribution in [0.1, 0.15) is 52.8 Å². The Morgan fingerprint density at radius 3 is 1.79 bits per heavy atom. The number of benzene rings is 10. The van der Waals surface area contributed by atoms with Crippen molar-refractivity contribution in [1.29, 1.82) is 0 Å². The fourth-order valence-electron chi connectivity index (χ4n) is 13.0. The van der Waals surface area contributed by atoms with Crippen LogP contribution in [0.25, 0.3) is 72.0 Å². The summed E-state index contributed by atoms with van der Waals surface area (Å²) in [7, 11) is 0. The second-order valence-corrected chi connectivity index (χ2v) is 19.5. The van der Waals surface area contributed by atoms with Gasteiger partial charge in [0.25, 0.3) is 0 Å². The number of para-hydroxylation sites is 4. The van der Waals surface area contributed by atoms with E-state index in [1.54, 1.807) is 0 Å². The molecule has 2 aliphatic carbocycles. The minimum absolute atomic E-state index is 0.156. The van der Waals surface area contributed by atoms with E-state index in [2.05, 4.69) is 236 Å². The van der Waals surface area contributed by atoms with Gasteiger partial charge in [-0.05, 0) is 127 Å². The van der Waals surface area contributed by atoms with Gasteiger partial charge in [-0.25, -0.2) is 0 Å². The zero-order valence-electron chi connectivity index (χ0n) is 37.8. The van der Waals surface area contributed by atoms with Gasteiger partial charge >= 0.3 is 0 Å². The van der Waals surface area contributed by atoms with Crippen molar-refractivity contribution in [3.05, 3.63) is 257 Å². The van der Waals surface area contributed by atoms with Crippen LogP contribution < -0.4 is 9.64 Å². The molecule has 4 aliphatic rings. The topological polar surface area (TPSA) is 17.4 Å². The fourth-order valence-corrected chi connectivity index (χ4v) is 13.0. The van der Waals surface area contributed by atoms with Gasteiger partial charge in [0.2, 0.25) is 0 Å². The van der Waals surface area contributed by atoms with Gasteiger partial charge in [0, 0.05) is 44.4 Å². The highest BCUT2D eigenvalue weighted by Gasteiger charge is 2.51. The first-order valence-electron chi connectivity index (χ1n) is 23.9. The fraction of sp³-hybridized carbons (Fsp3) is 0.0769. The smallest absolute Gasteiger partial charge is 0.127 e. The minimum atomic E-state index is -0.563. The molecule has 320 valence electrons. The maximum atomic E-state index is 6.34. The third-order valence-electron chi connectivity index (χ3n) is 15.9. The zero-order valence-corrected chi connectivity index (χ0v) is 37.8. The Hall–Kier alpha value is -8.40.